The standard InChI is InChI=1S/C73H148O15S7.H3O4P/c1-15-29-36-43-50-57-64(22-8)89(75,76)71(90(77,78)65(23-9)58-51-44-37-30-16-2,72(74,91(79,80)66(24-10)59-52-45-38-31-17-3)92(81,82)67(25-11)60-53-46-39-32-18-4)73(93(83,84)68(26-12)61-54-47-40-33-19-5,94(85,86)69(27-13)62-55-48-41-34-20-6)95(87,88)70(28-14)63-56-49-42-35-21-7;1-5(2,3)4/h64-70,74H,15-63H2,1-14H3;(H3,1,2,3,4). The Morgan fingerprint density at radius 3 is 0.500 bits per heavy atom. The van der Waals surface area contributed by atoms with Crippen LogP contribution in [0.15, 0.2) is 0 Å². The molecule has 0 aliphatic carbocycles. The van der Waals surface area contributed by atoms with E-state index in [0.29, 0.717) is 122 Å². The Morgan fingerprint density at radius 1 is 0.230 bits per heavy atom. The lowest BCUT2D eigenvalue weighted by molar-refractivity contribution is 0.173. The maximum Gasteiger partial charge on any atom is 0.466 e. The predicted molar refractivity (Wildman–Crippen MR) is 419 cm³/mol. The van der Waals surface area contributed by atoms with Crippen molar-refractivity contribution in [2.45, 2.75) is 460 Å². The summed E-state index contributed by atoms with van der Waals surface area (Å²) in [5, 5.41) is 0.188. The van der Waals surface area contributed by atoms with Crippen LogP contribution in [0, 0.1) is 0 Å². The highest BCUT2D eigenvalue weighted by atomic mass is 32.3. The lowest BCUT2D eigenvalue weighted by Crippen LogP contribution is -2.88. The summed E-state index contributed by atoms with van der Waals surface area (Å²) in [5.41, 5.74) is 0. The van der Waals surface area contributed by atoms with E-state index in [-0.39, 0.29) is 44.9 Å². The Balaban J connectivity index is 0. The average molecular weight is 1590 g/mol. The number of rotatable bonds is 65. The van der Waals surface area contributed by atoms with Crippen molar-refractivity contribution in [1.29, 1.82) is 0 Å². The molecule has 100 heavy (non-hydrogen) atoms. The van der Waals surface area contributed by atoms with Crippen LogP contribution in [0.25, 0.3) is 0 Å². The monoisotopic (exact) mass is 1590 g/mol. The van der Waals surface area contributed by atoms with Gasteiger partial charge in [0.2, 0.25) is 19.7 Å². The largest absolute Gasteiger partial charge is 0.466 e. The molecule has 0 aromatic rings. The van der Waals surface area contributed by atoms with Crippen molar-refractivity contribution < 1.29 is 83.3 Å². The molecule has 0 saturated heterocycles. The van der Waals surface area contributed by atoms with E-state index < -0.39 is 215 Å². The first kappa shape index (κ1) is 102. The predicted octanol–water partition coefficient (Wildman–Crippen LogP) is 18.9. The second-order valence-electron chi connectivity index (χ2n) is 28.7. The van der Waals surface area contributed by atoms with Crippen molar-refractivity contribution in [3.05, 3.63) is 0 Å². The van der Waals surface area contributed by atoms with Crippen LogP contribution in [0.5, 0.6) is 0 Å². The third kappa shape index (κ3) is 26.5. The minimum atomic E-state index is -6.96. The summed E-state index contributed by atoms with van der Waals surface area (Å²) in [4.78, 5) is 21.6. The first-order valence-corrected chi connectivity index (χ1v) is 52.4. The fourth-order valence-electron chi connectivity index (χ4n) is 15.1. The number of hydrogen-bond acceptors (Lipinski definition) is 16. The van der Waals surface area contributed by atoms with Crippen LogP contribution in [0.2, 0.25) is 0 Å². The van der Waals surface area contributed by atoms with Gasteiger partial charge in [0, 0.05) is 0 Å². The van der Waals surface area contributed by atoms with E-state index in [1.54, 1.807) is 0 Å². The Bertz CT molecular complexity index is 2790. The summed E-state index contributed by atoms with van der Waals surface area (Å²) in [6.07, 6.45) is 9.02. The zero-order valence-electron chi connectivity index (χ0n) is 65.4. The van der Waals surface area contributed by atoms with Gasteiger partial charge in [-0.2, -0.15) is 0 Å². The first-order chi connectivity index (χ1) is 46.9. The zero-order chi connectivity index (χ0) is 77.2. The number of aliphatic hydroxyl groups is 1. The molecule has 0 amide bonds. The van der Waals surface area contributed by atoms with E-state index in [9.17, 15) is 0 Å². The van der Waals surface area contributed by atoms with Crippen molar-refractivity contribution in [3.63, 3.8) is 0 Å². The number of phosphoric acid groups is 1. The summed E-state index contributed by atoms with van der Waals surface area (Å²) >= 11 is 0. The van der Waals surface area contributed by atoms with Crippen molar-refractivity contribution in [3.8, 4) is 0 Å². The highest BCUT2D eigenvalue weighted by Crippen LogP contribution is 2.65. The average Bonchev–Trinajstić information content (AvgIpc) is 0.622. The molecule has 19 nitrogen and oxygen atoms in total. The van der Waals surface area contributed by atoms with Crippen molar-refractivity contribution in [1.82, 2.24) is 0 Å². The van der Waals surface area contributed by atoms with Crippen LogP contribution in [-0.2, 0) is 73.4 Å². The minimum Gasteiger partial charge on any atom is -0.361 e. The Labute approximate surface area is 615 Å². The van der Waals surface area contributed by atoms with Gasteiger partial charge in [-0.1, -0.05) is 322 Å². The van der Waals surface area contributed by atoms with E-state index in [2.05, 4.69) is 0 Å². The van der Waals surface area contributed by atoms with Gasteiger partial charge < -0.3 is 19.8 Å². The quantitative estimate of drug-likeness (QED) is 0.0325. The molecule has 7 unspecified atom stereocenters. The highest BCUT2D eigenvalue weighted by molar-refractivity contribution is 8.30. The summed E-state index contributed by atoms with van der Waals surface area (Å²) in [6, 6.07) is 0. The smallest absolute Gasteiger partial charge is 0.361 e. The van der Waals surface area contributed by atoms with Gasteiger partial charge in [0.25, 0.3) is 4.08 Å². The fraction of sp³-hybridized carbons (Fsp3) is 1.00. The number of unbranched alkanes of at least 4 members (excludes halogenated alkanes) is 28. The molecule has 0 spiro atoms. The molecular formula is C73H151O19PS7. The van der Waals surface area contributed by atoms with Crippen LogP contribution in [0.1, 0.15) is 412 Å². The lowest BCUT2D eigenvalue weighted by Gasteiger charge is -2.56. The summed E-state index contributed by atoms with van der Waals surface area (Å²) in [5.74, 6) is 0. The maximum absolute atomic E-state index is 18.7. The SMILES string of the molecule is CCCCCCCC(CC)S(=O)(=O)C(O)(C(C(S(=O)(=O)C(CC)CCCCCCC)(S(=O)(=O)C(CC)CCCCCCC)S(=O)(=O)C(CC)CCCCCCC)(S(=O)(=O)C(CC)CCCCCCC)S(=O)(=O)C(CC)CCCCCCC)S(=O)(=O)C(CC)CCCCCCC.O=P(O)(O)O. The van der Waals surface area contributed by atoms with Gasteiger partial charge in [-0.25, -0.2) is 63.5 Å². The summed E-state index contributed by atoms with van der Waals surface area (Å²) < 4.78 is 249. The third-order valence-electron chi connectivity index (χ3n) is 21.2. The molecule has 0 aromatic carbocycles. The lowest BCUT2D eigenvalue weighted by atomic mass is 10.1. The normalized spacial score (nSPS) is 17.2. The van der Waals surface area contributed by atoms with E-state index in [1.807, 2.05) is 48.5 Å². The topological polar surface area (TPSA) is 337 Å². The molecule has 0 radical (unpaired) electrons. The minimum absolute atomic E-state index is 0.0150. The fourth-order valence-corrected chi connectivity index (χ4v) is 46.6. The maximum atomic E-state index is 18.7. The Morgan fingerprint density at radius 2 is 0.360 bits per heavy atom. The molecule has 0 heterocycles. The second kappa shape index (κ2) is 51.2. The second-order valence-corrected chi connectivity index (χ2v) is 47.6. The van der Waals surface area contributed by atoms with Gasteiger partial charge in [-0.15, -0.1) is 0 Å². The molecule has 0 rings (SSSR count). The zero-order valence-corrected chi connectivity index (χ0v) is 72.0. The molecule has 27 heteroatoms. The van der Waals surface area contributed by atoms with Crippen LogP contribution < -0.4 is 0 Å². The van der Waals surface area contributed by atoms with Gasteiger partial charge in [0.05, 0.1) is 36.7 Å². The molecule has 604 valence electrons. The van der Waals surface area contributed by atoms with Gasteiger partial charge in [-0.3, -0.25) is 0 Å². The van der Waals surface area contributed by atoms with Crippen LogP contribution in [0.3, 0.4) is 0 Å². The first-order valence-electron chi connectivity index (χ1n) is 40.0. The molecule has 0 aliphatic heterocycles. The molecular weight excluding hydrogens is 1440 g/mol. The number of sulfone groups is 7. The van der Waals surface area contributed by atoms with Gasteiger partial charge in [0.1, 0.15) is 0 Å². The van der Waals surface area contributed by atoms with Gasteiger partial charge in [0.15, 0.2) is 49.2 Å². The van der Waals surface area contributed by atoms with E-state index in [4.69, 9.17) is 19.2 Å². The van der Waals surface area contributed by atoms with Crippen LogP contribution in [0.4, 0.5) is 0 Å². The van der Waals surface area contributed by atoms with E-state index in [1.165, 1.54) is 48.5 Å². The summed E-state index contributed by atoms with van der Waals surface area (Å²) in [6.45, 7) is 23.4. The van der Waals surface area contributed by atoms with Gasteiger partial charge >= 0.3 is 15.5 Å². The molecule has 0 saturated carbocycles. The van der Waals surface area contributed by atoms with Crippen LogP contribution >= 0.6 is 7.82 Å². The van der Waals surface area contributed by atoms with E-state index in [0.717, 1.165) is 57.8 Å². The van der Waals surface area contributed by atoms with Gasteiger partial charge in [-0.05, 0) is 89.9 Å². The molecule has 0 aliphatic rings. The molecule has 7 atom stereocenters. The van der Waals surface area contributed by atoms with Crippen molar-refractivity contribution in [2.75, 3.05) is 0 Å². The Kier molecular flexibility index (Phi) is 52.1. The summed E-state index contributed by atoms with van der Waals surface area (Å²) in [7, 11) is -52.2. The Hall–Kier alpha value is -0.280. The van der Waals surface area contributed by atoms with Crippen molar-refractivity contribution >= 4 is 76.7 Å². The van der Waals surface area contributed by atoms with E-state index >= 15 is 64.0 Å². The molecule has 4 N–H and O–H groups in total. The molecule has 0 aromatic heterocycles. The van der Waals surface area contributed by atoms with Crippen LogP contribution in [-0.4, -0.2) is 127 Å². The molecule has 0 fully saturated rings. The van der Waals surface area contributed by atoms with Crippen molar-refractivity contribution in [2.24, 2.45) is 0 Å². The highest BCUT2D eigenvalue weighted by Gasteiger charge is 2.97. The number of hydrogen-bond donors (Lipinski definition) is 4. The molecule has 0 bridgehead atoms. The third-order valence-corrected chi connectivity index (χ3v) is 47.7.